The van der Waals surface area contributed by atoms with Gasteiger partial charge in [0.05, 0.1) is 25.0 Å². The summed E-state index contributed by atoms with van der Waals surface area (Å²) in [6, 6.07) is 27.5. The van der Waals surface area contributed by atoms with Gasteiger partial charge in [0, 0.05) is 28.3 Å². The van der Waals surface area contributed by atoms with Gasteiger partial charge < -0.3 is 19.5 Å². The van der Waals surface area contributed by atoms with E-state index in [1.807, 2.05) is 61.5 Å². The van der Waals surface area contributed by atoms with E-state index < -0.39 is 11.9 Å². The first kappa shape index (κ1) is 25.4. The van der Waals surface area contributed by atoms with Crippen LogP contribution in [0.3, 0.4) is 0 Å². The maximum absolute atomic E-state index is 13.7. The summed E-state index contributed by atoms with van der Waals surface area (Å²) in [6.07, 6.45) is 0. The third kappa shape index (κ3) is 4.31. The Balaban J connectivity index is 1.37. The van der Waals surface area contributed by atoms with Crippen LogP contribution in [0.5, 0.6) is 11.5 Å². The molecule has 0 saturated heterocycles. The maximum atomic E-state index is 13.7. The molecule has 4 aromatic carbocycles. The Hall–Kier alpha value is -4.84. The summed E-state index contributed by atoms with van der Waals surface area (Å²) in [5, 5.41) is 5.65. The Morgan fingerprint density at radius 3 is 2.40 bits per heavy atom. The van der Waals surface area contributed by atoms with Gasteiger partial charge in [-0.3, -0.25) is 4.79 Å². The standard InChI is InChI=1S/C34H29NO5/c1-4-39-34(37)29-20(2)35-32-25-11-7-8-12-26(25)33(36)31(32)30(29)24-15-16-27(28(18-24)38-3)40-19-21-13-14-22-9-5-6-10-23(22)17-21/h5-18,30,35H,4,19H2,1-3H3/t30-/m0/s1. The monoisotopic (exact) mass is 531 g/mol. The highest BCUT2D eigenvalue weighted by atomic mass is 16.5. The SMILES string of the molecule is CCOC(=O)C1=C(C)NC2=C(C(=O)c3ccccc32)[C@H]1c1ccc(OCc2ccc3ccccc3c2)c(OC)c1. The molecule has 0 unspecified atom stereocenters. The van der Waals surface area contributed by atoms with Crippen molar-refractivity contribution in [2.45, 2.75) is 26.4 Å². The average molecular weight is 532 g/mol. The van der Waals surface area contributed by atoms with Crippen LogP contribution in [0, 0.1) is 0 Å². The van der Waals surface area contributed by atoms with Crippen molar-refractivity contribution in [3.63, 3.8) is 0 Å². The van der Waals surface area contributed by atoms with Crippen molar-refractivity contribution in [2.24, 2.45) is 0 Å². The highest BCUT2D eigenvalue weighted by Crippen LogP contribution is 2.48. The summed E-state index contributed by atoms with van der Waals surface area (Å²) in [5.41, 5.74) is 5.55. The highest BCUT2D eigenvalue weighted by molar-refractivity contribution is 6.23. The van der Waals surface area contributed by atoms with Gasteiger partial charge >= 0.3 is 5.97 Å². The Bertz CT molecular complexity index is 1730. The van der Waals surface area contributed by atoms with Crippen molar-refractivity contribution in [1.29, 1.82) is 0 Å². The molecule has 40 heavy (non-hydrogen) atoms. The molecule has 1 aliphatic carbocycles. The zero-order valence-corrected chi connectivity index (χ0v) is 22.6. The van der Waals surface area contributed by atoms with E-state index in [0.29, 0.717) is 40.5 Å². The molecule has 4 aromatic rings. The van der Waals surface area contributed by atoms with Crippen LogP contribution in [-0.4, -0.2) is 25.5 Å². The van der Waals surface area contributed by atoms with Gasteiger partial charge in [0.15, 0.2) is 17.3 Å². The number of nitrogens with one attached hydrogen (secondary N) is 1. The summed E-state index contributed by atoms with van der Waals surface area (Å²) in [7, 11) is 1.58. The molecule has 1 N–H and O–H groups in total. The maximum Gasteiger partial charge on any atom is 0.336 e. The number of esters is 1. The first-order chi connectivity index (χ1) is 19.5. The fourth-order valence-corrected chi connectivity index (χ4v) is 5.61. The predicted octanol–water partition coefficient (Wildman–Crippen LogP) is 6.56. The van der Waals surface area contributed by atoms with E-state index in [-0.39, 0.29) is 12.4 Å². The molecule has 200 valence electrons. The molecular weight excluding hydrogens is 502 g/mol. The number of carbonyl (C=O) groups excluding carboxylic acids is 2. The number of hydrogen-bond donors (Lipinski definition) is 1. The summed E-state index contributed by atoms with van der Waals surface area (Å²) in [6.45, 7) is 4.20. The van der Waals surface area contributed by atoms with Gasteiger partial charge in [0.2, 0.25) is 0 Å². The highest BCUT2D eigenvalue weighted by Gasteiger charge is 2.43. The third-order valence-corrected chi connectivity index (χ3v) is 7.47. The average Bonchev–Trinajstić information content (AvgIpc) is 3.26. The van der Waals surface area contributed by atoms with Gasteiger partial charge in [-0.05, 0) is 53.9 Å². The fraction of sp³-hybridized carbons (Fsp3) is 0.176. The molecule has 1 atom stereocenters. The van der Waals surface area contributed by atoms with E-state index >= 15 is 0 Å². The molecule has 6 rings (SSSR count). The van der Waals surface area contributed by atoms with Crippen LogP contribution in [0.15, 0.2) is 102 Å². The number of fused-ring (bicyclic) bond motifs is 3. The van der Waals surface area contributed by atoms with E-state index in [1.165, 1.54) is 5.39 Å². The summed E-state index contributed by atoms with van der Waals surface area (Å²) in [4.78, 5) is 26.9. The molecule has 0 bridgehead atoms. The van der Waals surface area contributed by atoms with Crippen molar-refractivity contribution >= 4 is 28.2 Å². The van der Waals surface area contributed by atoms with Crippen LogP contribution in [0.1, 0.15) is 46.8 Å². The number of hydrogen-bond acceptors (Lipinski definition) is 6. The smallest absolute Gasteiger partial charge is 0.336 e. The second kappa shape index (κ2) is 10.4. The van der Waals surface area contributed by atoms with Crippen molar-refractivity contribution in [3.8, 4) is 11.5 Å². The first-order valence-corrected chi connectivity index (χ1v) is 13.3. The molecule has 0 aromatic heterocycles. The molecule has 1 aliphatic heterocycles. The Kier molecular flexibility index (Phi) is 6.60. The lowest BCUT2D eigenvalue weighted by Crippen LogP contribution is -2.29. The Morgan fingerprint density at radius 1 is 0.875 bits per heavy atom. The lowest BCUT2D eigenvalue weighted by atomic mass is 9.79. The molecule has 6 heteroatoms. The summed E-state index contributed by atoms with van der Waals surface area (Å²) < 4.78 is 17.3. The normalized spacial score (nSPS) is 16.0. The lowest BCUT2D eigenvalue weighted by molar-refractivity contribution is -0.138. The molecule has 0 radical (unpaired) electrons. The van der Waals surface area contributed by atoms with Crippen LogP contribution >= 0.6 is 0 Å². The zero-order chi connectivity index (χ0) is 27.8. The van der Waals surface area contributed by atoms with Crippen LogP contribution in [0.4, 0.5) is 0 Å². The van der Waals surface area contributed by atoms with E-state index in [4.69, 9.17) is 14.2 Å². The molecular formula is C34H29NO5. The molecule has 1 heterocycles. The van der Waals surface area contributed by atoms with Gasteiger partial charge in [-0.25, -0.2) is 4.79 Å². The van der Waals surface area contributed by atoms with Gasteiger partial charge in [0.1, 0.15) is 6.61 Å². The number of carbonyl (C=O) groups is 2. The number of rotatable bonds is 7. The second-order valence-electron chi connectivity index (χ2n) is 9.86. The predicted molar refractivity (Wildman–Crippen MR) is 154 cm³/mol. The number of methoxy groups -OCH3 is 1. The van der Waals surface area contributed by atoms with Crippen LogP contribution in [-0.2, 0) is 16.1 Å². The van der Waals surface area contributed by atoms with Crippen molar-refractivity contribution in [1.82, 2.24) is 5.32 Å². The summed E-state index contributed by atoms with van der Waals surface area (Å²) in [5.74, 6) is -0.0974. The van der Waals surface area contributed by atoms with Crippen molar-refractivity contribution < 1.29 is 23.8 Å². The minimum atomic E-state index is -0.626. The number of dihydropyridines is 1. The molecule has 6 nitrogen and oxygen atoms in total. The Labute approximate surface area is 232 Å². The molecule has 0 spiro atoms. The van der Waals surface area contributed by atoms with E-state index in [9.17, 15) is 9.59 Å². The van der Waals surface area contributed by atoms with Gasteiger partial charge in [0.25, 0.3) is 0 Å². The summed E-state index contributed by atoms with van der Waals surface area (Å²) >= 11 is 0. The minimum absolute atomic E-state index is 0.104. The number of ketones is 1. The van der Waals surface area contributed by atoms with Crippen LogP contribution in [0.2, 0.25) is 0 Å². The molecule has 0 amide bonds. The van der Waals surface area contributed by atoms with E-state index in [0.717, 1.165) is 27.8 Å². The largest absolute Gasteiger partial charge is 0.493 e. The van der Waals surface area contributed by atoms with Crippen molar-refractivity contribution in [3.05, 3.63) is 124 Å². The molecule has 0 saturated carbocycles. The van der Waals surface area contributed by atoms with Crippen molar-refractivity contribution in [2.75, 3.05) is 13.7 Å². The lowest BCUT2D eigenvalue weighted by Gasteiger charge is -2.29. The van der Waals surface area contributed by atoms with E-state index in [1.54, 1.807) is 14.0 Å². The van der Waals surface area contributed by atoms with Gasteiger partial charge in [-0.2, -0.15) is 0 Å². The number of allylic oxidation sites excluding steroid dienone is 2. The first-order valence-electron chi connectivity index (χ1n) is 13.3. The molecule has 2 aliphatic rings. The van der Waals surface area contributed by atoms with Crippen LogP contribution in [0.25, 0.3) is 16.5 Å². The number of ether oxygens (including phenoxy) is 3. The Morgan fingerprint density at radius 2 is 1.62 bits per heavy atom. The number of Topliss-reactive ketones (excluding diaryl/α,β-unsaturated/α-hetero) is 1. The van der Waals surface area contributed by atoms with Gasteiger partial charge in [-0.15, -0.1) is 0 Å². The van der Waals surface area contributed by atoms with E-state index in [2.05, 4.69) is 35.6 Å². The molecule has 0 fully saturated rings. The minimum Gasteiger partial charge on any atom is -0.493 e. The number of benzene rings is 4. The second-order valence-corrected chi connectivity index (χ2v) is 9.86. The van der Waals surface area contributed by atoms with Gasteiger partial charge in [-0.1, -0.05) is 66.7 Å². The van der Waals surface area contributed by atoms with Crippen LogP contribution < -0.4 is 14.8 Å². The third-order valence-electron chi connectivity index (χ3n) is 7.47. The topological polar surface area (TPSA) is 73.9 Å². The quantitative estimate of drug-likeness (QED) is 0.272. The fourth-order valence-electron chi connectivity index (χ4n) is 5.61. The zero-order valence-electron chi connectivity index (χ0n) is 22.6.